The Bertz CT molecular complexity index is 1100. The van der Waals surface area contributed by atoms with Crippen molar-refractivity contribution in [3.63, 3.8) is 0 Å². The second-order valence-corrected chi connectivity index (χ2v) is 10.4. The van der Waals surface area contributed by atoms with Gasteiger partial charge in [0.05, 0.1) is 22.0 Å². The van der Waals surface area contributed by atoms with Crippen LogP contribution in [-0.2, 0) is 24.8 Å². The number of sulfonamides is 2. The number of phenols is 1. The molecule has 0 fully saturated rings. The topological polar surface area (TPSA) is 124 Å². The number of benzene rings is 2. The van der Waals surface area contributed by atoms with Gasteiger partial charge in [0.2, 0.25) is 26.0 Å². The van der Waals surface area contributed by atoms with Gasteiger partial charge in [0, 0.05) is 20.1 Å². The van der Waals surface area contributed by atoms with Gasteiger partial charge in [-0.25, -0.2) is 16.8 Å². The SMILES string of the molecule is CCN(CC)S(=O)(=O)c1ccc(O)c(NC(=O)CN(C)S(=O)(=O)c2ccccc2)c1. The number of anilines is 1. The summed E-state index contributed by atoms with van der Waals surface area (Å²) in [5.74, 6) is -1.07. The van der Waals surface area contributed by atoms with Crippen LogP contribution in [0, 0.1) is 0 Å². The highest BCUT2D eigenvalue weighted by molar-refractivity contribution is 7.89. The summed E-state index contributed by atoms with van der Waals surface area (Å²) in [6.45, 7) is 3.41. The van der Waals surface area contributed by atoms with Crippen LogP contribution in [0.4, 0.5) is 5.69 Å². The number of nitrogens with zero attached hydrogens (tertiary/aromatic N) is 2. The molecule has 0 bridgehead atoms. The first kappa shape index (κ1) is 23.8. The summed E-state index contributed by atoms with van der Waals surface area (Å²) in [6.07, 6.45) is 0. The first-order valence-corrected chi connectivity index (χ1v) is 12.1. The summed E-state index contributed by atoms with van der Waals surface area (Å²) in [4.78, 5) is 12.3. The first-order valence-electron chi connectivity index (χ1n) is 9.18. The zero-order valence-electron chi connectivity index (χ0n) is 16.9. The van der Waals surface area contributed by atoms with E-state index >= 15 is 0 Å². The monoisotopic (exact) mass is 455 g/mol. The summed E-state index contributed by atoms with van der Waals surface area (Å²) < 4.78 is 52.5. The summed E-state index contributed by atoms with van der Waals surface area (Å²) >= 11 is 0. The standard InChI is InChI=1S/C19H25N3O6S2/c1-4-22(5-2)30(27,28)16-11-12-18(23)17(13-16)20-19(24)14-21(3)29(25,26)15-9-7-6-8-10-15/h6-13,23H,4-5,14H2,1-3H3,(H,20,24). The number of hydrogen-bond acceptors (Lipinski definition) is 6. The van der Waals surface area contributed by atoms with Crippen LogP contribution in [0.3, 0.4) is 0 Å². The summed E-state index contributed by atoms with van der Waals surface area (Å²) in [5, 5.41) is 12.4. The number of likely N-dealkylation sites (N-methyl/N-ethyl adjacent to an activating group) is 1. The number of carbonyl (C=O) groups excluding carboxylic acids is 1. The molecule has 0 atom stereocenters. The minimum Gasteiger partial charge on any atom is -0.506 e. The molecule has 11 heteroatoms. The molecule has 0 spiro atoms. The Balaban J connectivity index is 2.21. The molecule has 2 rings (SSSR count). The first-order chi connectivity index (χ1) is 14.0. The van der Waals surface area contributed by atoms with Gasteiger partial charge in [-0.2, -0.15) is 8.61 Å². The van der Waals surface area contributed by atoms with Gasteiger partial charge in [-0.05, 0) is 30.3 Å². The van der Waals surface area contributed by atoms with Crippen LogP contribution in [0.15, 0.2) is 58.3 Å². The number of rotatable bonds is 9. The summed E-state index contributed by atoms with van der Waals surface area (Å²) in [6, 6.07) is 11.2. The highest BCUT2D eigenvalue weighted by atomic mass is 32.2. The molecule has 0 heterocycles. The number of hydrogen-bond donors (Lipinski definition) is 2. The molecule has 0 unspecified atom stereocenters. The molecule has 0 saturated carbocycles. The lowest BCUT2D eigenvalue weighted by molar-refractivity contribution is -0.116. The average Bonchev–Trinajstić information content (AvgIpc) is 2.70. The van der Waals surface area contributed by atoms with Crippen molar-refractivity contribution < 1.29 is 26.7 Å². The fourth-order valence-electron chi connectivity index (χ4n) is 2.74. The Kier molecular flexibility index (Phi) is 7.59. The van der Waals surface area contributed by atoms with E-state index in [9.17, 15) is 26.7 Å². The molecule has 2 aromatic carbocycles. The van der Waals surface area contributed by atoms with E-state index in [-0.39, 0.29) is 34.3 Å². The quantitative estimate of drug-likeness (QED) is 0.555. The van der Waals surface area contributed by atoms with Crippen molar-refractivity contribution in [3.05, 3.63) is 48.5 Å². The molecule has 2 aromatic rings. The number of carbonyl (C=O) groups is 1. The van der Waals surface area contributed by atoms with Gasteiger partial charge in [0.15, 0.2) is 0 Å². The van der Waals surface area contributed by atoms with Gasteiger partial charge in [0.25, 0.3) is 0 Å². The second kappa shape index (κ2) is 9.56. The van der Waals surface area contributed by atoms with Gasteiger partial charge in [0.1, 0.15) is 5.75 Å². The highest BCUT2D eigenvalue weighted by Crippen LogP contribution is 2.28. The van der Waals surface area contributed by atoms with Crippen molar-refractivity contribution in [2.45, 2.75) is 23.6 Å². The molecule has 164 valence electrons. The predicted molar refractivity (Wildman–Crippen MR) is 113 cm³/mol. The van der Waals surface area contributed by atoms with Crippen LogP contribution in [0.2, 0.25) is 0 Å². The lowest BCUT2D eigenvalue weighted by atomic mass is 10.3. The molecule has 9 nitrogen and oxygen atoms in total. The third kappa shape index (κ3) is 5.17. The van der Waals surface area contributed by atoms with Gasteiger partial charge >= 0.3 is 0 Å². The van der Waals surface area contributed by atoms with E-state index in [1.54, 1.807) is 32.0 Å². The van der Waals surface area contributed by atoms with Gasteiger partial charge in [-0.3, -0.25) is 4.79 Å². The van der Waals surface area contributed by atoms with Crippen LogP contribution < -0.4 is 5.32 Å². The van der Waals surface area contributed by atoms with Crippen LogP contribution in [0.5, 0.6) is 5.75 Å². The van der Waals surface area contributed by atoms with Crippen molar-refractivity contribution in [1.29, 1.82) is 0 Å². The summed E-state index contributed by atoms with van der Waals surface area (Å²) in [7, 11) is -6.42. The normalized spacial score (nSPS) is 12.3. The van der Waals surface area contributed by atoms with E-state index in [2.05, 4.69) is 5.32 Å². The molecule has 30 heavy (non-hydrogen) atoms. The molecule has 2 N–H and O–H groups in total. The molecule has 0 aliphatic heterocycles. The molecular weight excluding hydrogens is 430 g/mol. The summed E-state index contributed by atoms with van der Waals surface area (Å²) in [5.41, 5.74) is -0.126. The van der Waals surface area contributed by atoms with E-state index in [4.69, 9.17) is 0 Å². The van der Waals surface area contributed by atoms with Crippen molar-refractivity contribution >= 4 is 31.6 Å². The zero-order chi connectivity index (χ0) is 22.5. The largest absolute Gasteiger partial charge is 0.506 e. The van der Waals surface area contributed by atoms with E-state index < -0.39 is 32.5 Å². The molecule has 0 aromatic heterocycles. The van der Waals surface area contributed by atoms with Crippen LogP contribution in [0.25, 0.3) is 0 Å². The maximum Gasteiger partial charge on any atom is 0.243 e. The maximum atomic E-state index is 12.7. The van der Waals surface area contributed by atoms with Crippen LogP contribution >= 0.6 is 0 Å². The lowest BCUT2D eigenvalue weighted by Gasteiger charge is -2.20. The van der Waals surface area contributed by atoms with E-state index in [0.717, 1.165) is 16.4 Å². The van der Waals surface area contributed by atoms with Gasteiger partial charge in [-0.1, -0.05) is 32.0 Å². The minimum atomic E-state index is -3.88. The second-order valence-electron chi connectivity index (χ2n) is 6.39. The third-order valence-corrected chi connectivity index (χ3v) is 8.27. The minimum absolute atomic E-state index is 0.0375. The van der Waals surface area contributed by atoms with Crippen molar-refractivity contribution in [2.75, 3.05) is 32.0 Å². The van der Waals surface area contributed by atoms with Crippen LogP contribution in [-0.4, -0.2) is 63.1 Å². The van der Waals surface area contributed by atoms with Crippen LogP contribution in [0.1, 0.15) is 13.8 Å². The fraction of sp³-hybridized carbons (Fsp3) is 0.316. The number of amides is 1. The molecule has 0 saturated heterocycles. The van der Waals surface area contributed by atoms with Gasteiger partial charge in [-0.15, -0.1) is 0 Å². The maximum absolute atomic E-state index is 12.7. The van der Waals surface area contributed by atoms with E-state index in [1.807, 2.05) is 0 Å². The Morgan fingerprint density at radius 2 is 1.53 bits per heavy atom. The van der Waals surface area contributed by atoms with Crippen molar-refractivity contribution in [3.8, 4) is 5.75 Å². The predicted octanol–water partition coefficient (Wildman–Crippen LogP) is 1.68. The van der Waals surface area contributed by atoms with Gasteiger partial charge < -0.3 is 10.4 Å². The Labute approximate surface area is 177 Å². The number of phenolic OH excluding ortho intramolecular Hbond substituents is 1. The Morgan fingerprint density at radius 3 is 2.10 bits per heavy atom. The number of nitrogens with one attached hydrogen (secondary N) is 1. The zero-order valence-corrected chi connectivity index (χ0v) is 18.6. The lowest BCUT2D eigenvalue weighted by Crippen LogP contribution is -2.35. The molecule has 1 amide bonds. The smallest absolute Gasteiger partial charge is 0.243 e. The fourth-order valence-corrected chi connectivity index (χ4v) is 5.37. The van der Waals surface area contributed by atoms with E-state index in [1.165, 1.54) is 29.6 Å². The molecule has 0 aliphatic rings. The highest BCUT2D eigenvalue weighted by Gasteiger charge is 2.25. The Hall–Kier alpha value is -2.47. The molecular formula is C19H25N3O6S2. The van der Waals surface area contributed by atoms with E-state index in [0.29, 0.717) is 0 Å². The molecule has 0 radical (unpaired) electrons. The number of aromatic hydroxyl groups is 1. The Morgan fingerprint density at radius 1 is 0.933 bits per heavy atom. The average molecular weight is 456 g/mol. The molecule has 0 aliphatic carbocycles. The van der Waals surface area contributed by atoms with Crippen molar-refractivity contribution in [1.82, 2.24) is 8.61 Å². The van der Waals surface area contributed by atoms with Crippen molar-refractivity contribution in [2.24, 2.45) is 0 Å². The third-order valence-electron chi connectivity index (χ3n) is 4.40.